The minimum Gasteiger partial charge on any atom is -0.478 e. The van der Waals surface area contributed by atoms with Crippen molar-refractivity contribution < 1.29 is 23.4 Å². The van der Waals surface area contributed by atoms with Gasteiger partial charge in [0.05, 0.1) is 15.5 Å². The maximum atomic E-state index is 11.5. The molecule has 1 aromatic carbocycles. The molecule has 0 aromatic heterocycles. The van der Waals surface area contributed by atoms with Gasteiger partial charge in [-0.05, 0) is 17.7 Å². The van der Waals surface area contributed by atoms with Gasteiger partial charge >= 0.3 is 5.97 Å². The van der Waals surface area contributed by atoms with E-state index in [-0.39, 0.29) is 22.1 Å². The van der Waals surface area contributed by atoms with E-state index in [4.69, 9.17) is 21.8 Å². The first-order valence-electron chi connectivity index (χ1n) is 5.06. The predicted molar refractivity (Wildman–Crippen MR) is 67.0 cm³/mol. The molecule has 7 heteroatoms. The standard InChI is InChI=1S/C11H13ClO5S/c1-6(5-13)8-3-7(18(2,16)17)4-9(10(8)12)11(14)15/h3-4,6,13H,5H2,1-2H3,(H,14,15). The van der Waals surface area contributed by atoms with Crippen LogP contribution in [-0.4, -0.2) is 37.5 Å². The van der Waals surface area contributed by atoms with E-state index in [9.17, 15) is 13.2 Å². The van der Waals surface area contributed by atoms with E-state index < -0.39 is 21.7 Å². The van der Waals surface area contributed by atoms with Gasteiger partial charge in [0, 0.05) is 18.8 Å². The van der Waals surface area contributed by atoms with Crippen molar-refractivity contribution in [3.05, 3.63) is 28.3 Å². The first-order chi connectivity index (χ1) is 8.18. The van der Waals surface area contributed by atoms with E-state index in [0.29, 0.717) is 5.56 Å². The minimum absolute atomic E-state index is 0.0450. The van der Waals surface area contributed by atoms with Gasteiger partial charge in [-0.15, -0.1) is 0 Å². The van der Waals surface area contributed by atoms with E-state index in [1.165, 1.54) is 6.07 Å². The maximum Gasteiger partial charge on any atom is 0.337 e. The lowest BCUT2D eigenvalue weighted by Crippen LogP contribution is -2.09. The Kier molecular flexibility index (Phi) is 4.37. The van der Waals surface area contributed by atoms with Crippen molar-refractivity contribution in [1.82, 2.24) is 0 Å². The summed E-state index contributed by atoms with van der Waals surface area (Å²) in [7, 11) is -3.54. The summed E-state index contributed by atoms with van der Waals surface area (Å²) in [6.45, 7) is 1.37. The fourth-order valence-corrected chi connectivity index (χ4v) is 2.50. The molecular formula is C11H13ClO5S. The number of sulfone groups is 1. The second kappa shape index (κ2) is 5.26. The van der Waals surface area contributed by atoms with Crippen LogP contribution in [0.15, 0.2) is 17.0 Å². The number of aliphatic hydroxyl groups excluding tert-OH is 1. The lowest BCUT2D eigenvalue weighted by atomic mass is 9.99. The van der Waals surface area contributed by atoms with Crippen molar-refractivity contribution in [2.75, 3.05) is 12.9 Å². The fourth-order valence-electron chi connectivity index (χ4n) is 1.45. The average Bonchev–Trinajstić information content (AvgIpc) is 2.26. The molecule has 0 saturated heterocycles. The van der Waals surface area contributed by atoms with Gasteiger partial charge in [0.2, 0.25) is 0 Å². The monoisotopic (exact) mass is 292 g/mol. The zero-order valence-corrected chi connectivity index (χ0v) is 11.4. The first-order valence-corrected chi connectivity index (χ1v) is 7.33. The number of hydrogen-bond acceptors (Lipinski definition) is 4. The molecule has 0 radical (unpaired) electrons. The number of rotatable bonds is 4. The third kappa shape index (κ3) is 3.01. The van der Waals surface area contributed by atoms with Crippen LogP contribution in [0.25, 0.3) is 0 Å². The zero-order valence-electron chi connectivity index (χ0n) is 9.84. The first kappa shape index (κ1) is 14.9. The molecule has 0 amide bonds. The van der Waals surface area contributed by atoms with Crippen LogP contribution in [-0.2, 0) is 9.84 Å². The molecule has 0 aliphatic carbocycles. The van der Waals surface area contributed by atoms with Crippen LogP contribution in [0.5, 0.6) is 0 Å². The van der Waals surface area contributed by atoms with Gasteiger partial charge < -0.3 is 10.2 Å². The smallest absolute Gasteiger partial charge is 0.337 e. The molecule has 1 atom stereocenters. The number of carboxylic acid groups (broad SMARTS) is 1. The van der Waals surface area contributed by atoms with E-state index in [2.05, 4.69) is 0 Å². The second-order valence-electron chi connectivity index (χ2n) is 4.03. The average molecular weight is 293 g/mol. The number of hydrogen-bond donors (Lipinski definition) is 2. The Bertz CT molecular complexity index is 579. The summed E-state index contributed by atoms with van der Waals surface area (Å²) in [6.07, 6.45) is 0.981. The highest BCUT2D eigenvalue weighted by Crippen LogP contribution is 2.31. The van der Waals surface area contributed by atoms with Crippen LogP contribution in [0.3, 0.4) is 0 Å². The molecule has 1 aromatic rings. The Morgan fingerprint density at radius 3 is 2.39 bits per heavy atom. The quantitative estimate of drug-likeness (QED) is 0.878. The normalized spacial score (nSPS) is 13.3. The summed E-state index contributed by atoms with van der Waals surface area (Å²) >= 11 is 5.91. The van der Waals surface area contributed by atoms with E-state index in [0.717, 1.165) is 12.3 Å². The van der Waals surface area contributed by atoms with Gasteiger partial charge in [-0.1, -0.05) is 18.5 Å². The Labute approximate surface area is 110 Å². The molecular weight excluding hydrogens is 280 g/mol. The number of benzene rings is 1. The fraction of sp³-hybridized carbons (Fsp3) is 0.364. The highest BCUT2D eigenvalue weighted by Gasteiger charge is 2.21. The summed E-state index contributed by atoms with van der Waals surface area (Å²) in [5.41, 5.74) is 0.0226. The number of aliphatic hydroxyl groups is 1. The summed E-state index contributed by atoms with van der Waals surface area (Å²) in [5.74, 6) is -1.76. The molecule has 0 saturated carbocycles. The van der Waals surface area contributed by atoms with E-state index in [1.807, 2.05) is 0 Å². The number of carbonyl (C=O) groups is 1. The molecule has 5 nitrogen and oxygen atoms in total. The molecule has 2 N–H and O–H groups in total. The third-order valence-electron chi connectivity index (χ3n) is 2.54. The molecule has 0 bridgehead atoms. The summed E-state index contributed by atoms with van der Waals surface area (Å²) in [5, 5.41) is 18.0. The van der Waals surface area contributed by atoms with Crippen LogP contribution >= 0.6 is 11.6 Å². The van der Waals surface area contributed by atoms with Crippen LogP contribution < -0.4 is 0 Å². The summed E-state index contributed by atoms with van der Waals surface area (Å²) < 4.78 is 23.0. The second-order valence-corrected chi connectivity index (χ2v) is 6.43. The predicted octanol–water partition coefficient (Wildman–Crippen LogP) is 1.54. The molecule has 100 valence electrons. The topological polar surface area (TPSA) is 91.7 Å². The number of aromatic carboxylic acids is 1. The Hall–Kier alpha value is -1.11. The highest BCUT2D eigenvalue weighted by molar-refractivity contribution is 7.90. The van der Waals surface area contributed by atoms with Gasteiger partial charge in [-0.2, -0.15) is 0 Å². The van der Waals surface area contributed by atoms with E-state index >= 15 is 0 Å². The lowest BCUT2D eigenvalue weighted by molar-refractivity contribution is 0.0696. The van der Waals surface area contributed by atoms with Crippen molar-refractivity contribution in [2.24, 2.45) is 0 Å². The van der Waals surface area contributed by atoms with Crippen LogP contribution in [0.2, 0.25) is 5.02 Å². The van der Waals surface area contributed by atoms with Gasteiger partial charge in [0.25, 0.3) is 0 Å². The van der Waals surface area contributed by atoms with Gasteiger partial charge in [0.15, 0.2) is 9.84 Å². The molecule has 0 aliphatic heterocycles. The van der Waals surface area contributed by atoms with Crippen molar-refractivity contribution in [2.45, 2.75) is 17.7 Å². The number of halogens is 1. The van der Waals surface area contributed by atoms with Crippen molar-refractivity contribution in [3.8, 4) is 0 Å². The maximum absolute atomic E-state index is 11.5. The Morgan fingerprint density at radius 1 is 1.44 bits per heavy atom. The summed E-state index contributed by atoms with van der Waals surface area (Å²) in [4.78, 5) is 10.9. The van der Waals surface area contributed by atoms with E-state index in [1.54, 1.807) is 6.92 Å². The largest absolute Gasteiger partial charge is 0.478 e. The van der Waals surface area contributed by atoms with Crippen LogP contribution in [0.4, 0.5) is 0 Å². The molecule has 0 aliphatic rings. The third-order valence-corrected chi connectivity index (χ3v) is 4.05. The molecule has 18 heavy (non-hydrogen) atoms. The molecule has 0 heterocycles. The van der Waals surface area contributed by atoms with Crippen LogP contribution in [0, 0.1) is 0 Å². The molecule has 1 unspecified atom stereocenters. The minimum atomic E-state index is -3.54. The van der Waals surface area contributed by atoms with Gasteiger partial charge in [-0.25, -0.2) is 13.2 Å². The van der Waals surface area contributed by atoms with Gasteiger partial charge in [0.1, 0.15) is 0 Å². The van der Waals surface area contributed by atoms with Crippen LogP contribution in [0.1, 0.15) is 28.8 Å². The number of carboxylic acids is 1. The van der Waals surface area contributed by atoms with Crippen molar-refractivity contribution in [1.29, 1.82) is 0 Å². The lowest BCUT2D eigenvalue weighted by Gasteiger charge is -2.14. The highest BCUT2D eigenvalue weighted by atomic mass is 35.5. The van der Waals surface area contributed by atoms with Crippen molar-refractivity contribution in [3.63, 3.8) is 0 Å². The van der Waals surface area contributed by atoms with Gasteiger partial charge in [-0.3, -0.25) is 0 Å². The Morgan fingerprint density at radius 2 is 2.00 bits per heavy atom. The Balaban J connectivity index is 3.62. The van der Waals surface area contributed by atoms with Crippen molar-refractivity contribution >= 4 is 27.4 Å². The summed E-state index contributed by atoms with van der Waals surface area (Å²) in [6, 6.07) is 2.32. The zero-order chi connectivity index (χ0) is 14.1. The molecule has 0 fully saturated rings. The molecule has 0 spiro atoms. The SMILES string of the molecule is CC(CO)c1cc(S(C)(=O)=O)cc(C(=O)O)c1Cl. The molecule has 1 rings (SSSR count).